The number of benzene rings is 1. The van der Waals surface area contributed by atoms with Gasteiger partial charge in [-0.15, -0.1) is 0 Å². The van der Waals surface area contributed by atoms with E-state index >= 15 is 0 Å². The average Bonchev–Trinajstić information content (AvgIpc) is 2.52. The molecule has 1 rings (SSSR count). The number of carbonyl (C=O) groups excluding carboxylic acids is 1. The van der Waals surface area contributed by atoms with Crippen molar-refractivity contribution in [2.75, 3.05) is 20.2 Å². The Morgan fingerprint density at radius 2 is 1.87 bits per heavy atom. The molecule has 0 aliphatic heterocycles. The highest BCUT2D eigenvalue weighted by Gasteiger charge is 2.11. The molecule has 0 saturated heterocycles. The van der Waals surface area contributed by atoms with Crippen LogP contribution in [0.4, 0.5) is 8.78 Å². The minimum atomic E-state index is -2.91. The molecule has 0 aliphatic rings. The zero-order chi connectivity index (χ0) is 17.2. The highest BCUT2D eigenvalue weighted by molar-refractivity contribution is 5.91. The van der Waals surface area contributed by atoms with E-state index in [1.54, 1.807) is 23.1 Å². The second-order valence-corrected chi connectivity index (χ2v) is 4.95. The minimum absolute atomic E-state index is 0.0374. The molecule has 23 heavy (non-hydrogen) atoms. The largest absolute Gasteiger partial charge is 0.493 e. The summed E-state index contributed by atoms with van der Waals surface area (Å²) in [4.78, 5) is 13.9. The van der Waals surface area contributed by atoms with Crippen molar-refractivity contribution < 1.29 is 23.0 Å². The van der Waals surface area contributed by atoms with Crippen molar-refractivity contribution in [3.63, 3.8) is 0 Å². The first-order valence-corrected chi connectivity index (χ1v) is 7.61. The Hall–Kier alpha value is -2.11. The number of hydrogen-bond acceptors (Lipinski definition) is 3. The summed E-state index contributed by atoms with van der Waals surface area (Å²) < 4.78 is 34.0. The van der Waals surface area contributed by atoms with E-state index < -0.39 is 6.61 Å². The lowest BCUT2D eigenvalue weighted by Gasteiger charge is -2.19. The number of alkyl halides is 2. The predicted molar refractivity (Wildman–Crippen MR) is 85.8 cm³/mol. The van der Waals surface area contributed by atoms with Gasteiger partial charge in [0.25, 0.3) is 0 Å². The molecule has 0 heterocycles. The van der Waals surface area contributed by atoms with Crippen LogP contribution in [0.2, 0.25) is 0 Å². The van der Waals surface area contributed by atoms with Crippen molar-refractivity contribution in [1.82, 2.24) is 4.90 Å². The topological polar surface area (TPSA) is 38.8 Å². The van der Waals surface area contributed by atoms with Crippen molar-refractivity contribution >= 4 is 12.0 Å². The molecule has 1 aromatic carbocycles. The molecule has 0 atom stereocenters. The van der Waals surface area contributed by atoms with Crippen LogP contribution in [-0.2, 0) is 4.79 Å². The van der Waals surface area contributed by atoms with Gasteiger partial charge in [-0.1, -0.05) is 19.9 Å². The number of carbonyl (C=O) groups is 1. The second kappa shape index (κ2) is 9.82. The Morgan fingerprint density at radius 1 is 1.22 bits per heavy atom. The summed E-state index contributed by atoms with van der Waals surface area (Å²) in [6.45, 7) is 2.55. The maximum atomic E-state index is 12.3. The summed E-state index contributed by atoms with van der Waals surface area (Å²) >= 11 is 0. The summed E-state index contributed by atoms with van der Waals surface area (Å²) in [7, 11) is 1.37. The maximum absolute atomic E-state index is 12.3. The molecule has 1 amide bonds. The zero-order valence-electron chi connectivity index (χ0n) is 13.7. The summed E-state index contributed by atoms with van der Waals surface area (Å²) in [5.41, 5.74) is 0.671. The molecule has 0 fully saturated rings. The molecule has 0 spiro atoms. The fraction of sp³-hybridized carbons (Fsp3) is 0.471. The summed E-state index contributed by atoms with van der Waals surface area (Å²) in [5, 5.41) is 0. The lowest BCUT2D eigenvalue weighted by atomic mass is 10.2. The van der Waals surface area contributed by atoms with Gasteiger partial charge in [0.2, 0.25) is 5.91 Å². The van der Waals surface area contributed by atoms with E-state index in [0.717, 1.165) is 12.8 Å². The van der Waals surface area contributed by atoms with Crippen LogP contribution in [0.1, 0.15) is 32.3 Å². The van der Waals surface area contributed by atoms with E-state index in [2.05, 4.69) is 4.74 Å². The maximum Gasteiger partial charge on any atom is 0.387 e. The molecular formula is C17H23F2NO3. The van der Waals surface area contributed by atoms with E-state index in [1.165, 1.54) is 19.3 Å². The SMILES string of the molecule is CCCN(CCC)C(=O)C=Cc1ccc(OC(F)F)c(OC)c1. The highest BCUT2D eigenvalue weighted by Crippen LogP contribution is 2.29. The third-order valence-electron chi connectivity index (χ3n) is 3.12. The molecule has 0 unspecified atom stereocenters. The van der Waals surface area contributed by atoms with Crippen LogP contribution in [0.25, 0.3) is 6.08 Å². The highest BCUT2D eigenvalue weighted by atomic mass is 19.3. The number of methoxy groups -OCH3 is 1. The van der Waals surface area contributed by atoms with Gasteiger partial charge in [0.1, 0.15) is 0 Å². The summed E-state index contributed by atoms with van der Waals surface area (Å²) in [5.74, 6) is 0.0871. The molecule has 0 aromatic heterocycles. The zero-order valence-corrected chi connectivity index (χ0v) is 13.7. The fourth-order valence-corrected chi connectivity index (χ4v) is 2.13. The van der Waals surface area contributed by atoms with Gasteiger partial charge < -0.3 is 14.4 Å². The molecule has 0 bridgehead atoms. The third-order valence-corrected chi connectivity index (χ3v) is 3.12. The smallest absolute Gasteiger partial charge is 0.387 e. The second-order valence-electron chi connectivity index (χ2n) is 4.95. The minimum Gasteiger partial charge on any atom is -0.493 e. The first-order chi connectivity index (χ1) is 11.0. The molecule has 0 radical (unpaired) electrons. The molecule has 1 aromatic rings. The standard InChI is InChI=1S/C17H23F2NO3/c1-4-10-20(11-5-2)16(21)9-7-13-6-8-14(23-17(18)19)15(12-13)22-3/h6-9,12,17H,4-5,10-11H2,1-3H3. The number of rotatable bonds is 9. The van der Waals surface area contributed by atoms with Gasteiger partial charge in [-0.05, 0) is 36.6 Å². The van der Waals surface area contributed by atoms with Gasteiger partial charge >= 0.3 is 6.61 Å². The van der Waals surface area contributed by atoms with Crippen molar-refractivity contribution in [1.29, 1.82) is 0 Å². The van der Waals surface area contributed by atoms with E-state index in [-0.39, 0.29) is 17.4 Å². The lowest BCUT2D eigenvalue weighted by molar-refractivity contribution is -0.126. The number of amides is 1. The van der Waals surface area contributed by atoms with Gasteiger partial charge in [-0.25, -0.2) is 0 Å². The van der Waals surface area contributed by atoms with Gasteiger partial charge in [0.05, 0.1) is 7.11 Å². The monoisotopic (exact) mass is 327 g/mol. The van der Waals surface area contributed by atoms with Crippen LogP contribution in [0.15, 0.2) is 24.3 Å². The van der Waals surface area contributed by atoms with E-state index in [4.69, 9.17) is 4.74 Å². The number of hydrogen-bond donors (Lipinski definition) is 0. The Kier molecular flexibility index (Phi) is 8.08. The number of halogens is 2. The van der Waals surface area contributed by atoms with Crippen LogP contribution < -0.4 is 9.47 Å². The van der Waals surface area contributed by atoms with Crippen molar-refractivity contribution in [2.24, 2.45) is 0 Å². The summed E-state index contributed by atoms with van der Waals surface area (Å²) in [6, 6.07) is 4.53. The van der Waals surface area contributed by atoms with E-state index in [0.29, 0.717) is 18.7 Å². The molecular weight excluding hydrogens is 304 g/mol. The van der Waals surface area contributed by atoms with Gasteiger partial charge in [-0.2, -0.15) is 8.78 Å². The van der Waals surface area contributed by atoms with Crippen LogP contribution in [0.3, 0.4) is 0 Å². The molecule has 4 nitrogen and oxygen atoms in total. The number of ether oxygens (including phenoxy) is 2. The Morgan fingerprint density at radius 3 is 2.39 bits per heavy atom. The third kappa shape index (κ3) is 6.26. The molecule has 128 valence electrons. The van der Waals surface area contributed by atoms with E-state index in [9.17, 15) is 13.6 Å². The first kappa shape index (κ1) is 18.9. The Balaban J connectivity index is 2.84. The molecule has 6 heteroatoms. The van der Waals surface area contributed by atoms with Crippen molar-refractivity contribution in [3.05, 3.63) is 29.8 Å². The Bertz CT molecular complexity index is 527. The molecule has 0 aliphatic carbocycles. The Labute approximate surface area is 135 Å². The normalized spacial score (nSPS) is 11.0. The van der Waals surface area contributed by atoms with Gasteiger partial charge in [-0.3, -0.25) is 4.79 Å². The number of nitrogens with zero attached hydrogens (tertiary/aromatic N) is 1. The van der Waals surface area contributed by atoms with Crippen LogP contribution in [0, 0.1) is 0 Å². The quantitative estimate of drug-likeness (QED) is 0.645. The summed E-state index contributed by atoms with van der Waals surface area (Å²) in [6.07, 6.45) is 4.91. The predicted octanol–water partition coefficient (Wildman–Crippen LogP) is 3.96. The first-order valence-electron chi connectivity index (χ1n) is 7.61. The fourth-order valence-electron chi connectivity index (χ4n) is 2.13. The molecule has 0 N–H and O–H groups in total. The lowest BCUT2D eigenvalue weighted by Crippen LogP contribution is -2.30. The van der Waals surface area contributed by atoms with Gasteiger partial charge in [0.15, 0.2) is 11.5 Å². The van der Waals surface area contributed by atoms with Crippen LogP contribution in [0.5, 0.6) is 11.5 Å². The van der Waals surface area contributed by atoms with Crippen LogP contribution in [-0.4, -0.2) is 37.6 Å². The van der Waals surface area contributed by atoms with E-state index in [1.807, 2.05) is 13.8 Å². The average molecular weight is 327 g/mol. The van der Waals surface area contributed by atoms with Crippen molar-refractivity contribution in [2.45, 2.75) is 33.3 Å². The van der Waals surface area contributed by atoms with Crippen LogP contribution >= 0.6 is 0 Å². The van der Waals surface area contributed by atoms with Crippen molar-refractivity contribution in [3.8, 4) is 11.5 Å². The van der Waals surface area contributed by atoms with Gasteiger partial charge in [0, 0.05) is 19.2 Å². The molecule has 0 saturated carbocycles.